The second-order valence-corrected chi connectivity index (χ2v) is 8.42. The third kappa shape index (κ3) is 3.20. The number of carbonyl (C=O) groups excluding carboxylic acids is 1. The van der Waals surface area contributed by atoms with Crippen LogP contribution in [0, 0.1) is 0 Å². The van der Waals surface area contributed by atoms with Crippen LogP contribution in [0.1, 0.15) is 26.2 Å². The highest BCUT2D eigenvalue weighted by atomic mass is 35.5. The van der Waals surface area contributed by atoms with Crippen molar-refractivity contribution in [2.24, 2.45) is 5.10 Å². The van der Waals surface area contributed by atoms with Gasteiger partial charge in [-0.05, 0) is 56.0 Å². The average Bonchev–Trinajstić information content (AvgIpc) is 2.68. The molecule has 1 aliphatic carbocycles. The molecule has 1 fully saturated rings. The number of hydrazone groups is 1. The van der Waals surface area contributed by atoms with Gasteiger partial charge in [0, 0.05) is 17.3 Å². The van der Waals surface area contributed by atoms with Gasteiger partial charge in [0.1, 0.15) is 18.4 Å². The number of benzene rings is 2. The summed E-state index contributed by atoms with van der Waals surface area (Å²) in [6, 6.07) is 9.75. The van der Waals surface area contributed by atoms with Crippen LogP contribution >= 0.6 is 23.2 Å². The average molecular weight is 431 g/mol. The zero-order valence-electron chi connectivity index (χ0n) is 15.8. The van der Waals surface area contributed by atoms with E-state index in [1.165, 1.54) is 6.42 Å². The van der Waals surface area contributed by atoms with Gasteiger partial charge in [-0.25, -0.2) is 5.43 Å². The molecule has 3 aliphatic rings. The van der Waals surface area contributed by atoms with Crippen molar-refractivity contribution in [1.82, 2.24) is 5.43 Å². The highest BCUT2D eigenvalue weighted by Crippen LogP contribution is 2.44. The molecular weight excluding hydrogens is 411 g/mol. The van der Waals surface area contributed by atoms with E-state index >= 15 is 0 Å². The van der Waals surface area contributed by atoms with E-state index in [4.69, 9.17) is 27.9 Å². The van der Waals surface area contributed by atoms with Gasteiger partial charge in [0.25, 0.3) is 5.91 Å². The molecule has 2 heterocycles. The van der Waals surface area contributed by atoms with Gasteiger partial charge in [0.05, 0.1) is 15.7 Å². The van der Waals surface area contributed by atoms with Gasteiger partial charge in [0.15, 0.2) is 5.84 Å². The number of nitrogens with one attached hydrogen (secondary N) is 2. The molecule has 0 bridgehead atoms. The number of rotatable bonds is 3. The number of anilines is 2. The van der Waals surface area contributed by atoms with Crippen LogP contribution in [0.5, 0.6) is 5.75 Å². The predicted molar refractivity (Wildman–Crippen MR) is 116 cm³/mol. The van der Waals surface area contributed by atoms with Gasteiger partial charge in [0.2, 0.25) is 0 Å². The molecule has 0 aromatic heterocycles. The minimum Gasteiger partial charge on any atom is -0.483 e. The first-order valence-corrected chi connectivity index (χ1v) is 10.5. The predicted octanol–water partition coefficient (Wildman–Crippen LogP) is 4.66. The van der Waals surface area contributed by atoms with Gasteiger partial charge in [-0.1, -0.05) is 29.3 Å². The highest BCUT2D eigenvalue weighted by molar-refractivity contribution is 6.42. The standard InChI is InChI=1S/C21H20Cl2N4O2/c1-11-21(28)26-25-20-10-29-19-8-14(12-5-6-15(22)16(23)7-12)17(9-18(19)27(11)20)24-13-3-2-4-13/h5-9,11,13,24H,2-4,10H2,1H3,(H,26,28). The molecule has 2 N–H and O–H groups in total. The monoisotopic (exact) mass is 430 g/mol. The zero-order chi connectivity index (χ0) is 20.1. The number of ether oxygens (including phenoxy) is 1. The Labute approximate surface area is 178 Å². The van der Waals surface area contributed by atoms with Crippen LogP contribution in [0.15, 0.2) is 35.4 Å². The molecule has 2 aromatic carbocycles. The first kappa shape index (κ1) is 18.6. The second-order valence-electron chi connectivity index (χ2n) is 7.61. The fourth-order valence-corrected chi connectivity index (χ4v) is 4.16. The SMILES string of the molecule is CC1C(=O)NN=C2COc3cc(-c4ccc(Cl)c(Cl)c4)c(NC4CCC4)cc3N21. The van der Waals surface area contributed by atoms with Crippen LogP contribution in [-0.2, 0) is 4.79 Å². The van der Waals surface area contributed by atoms with Gasteiger partial charge in [-0.2, -0.15) is 5.10 Å². The van der Waals surface area contributed by atoms with Crippen LogP contribution in [0.2, 0.25) is 10.0 Å². The molecule has 1 saturated carbocycles. The summed E-state index contributed by atoms with van der Waals surface area (Å²) < 4.78 is 5.98. The molecule has 150 valence electrons. The lowest BCUT2D eigenvalue weighted by molar-refractivity contribution is -0.122. The van der Waals surface area contributed by atoms with Gasteiger partial charge in [-0.15, -0.1) is 0 Å². The zero-order valence-corrected chi connectivity index (χ0v) is 17.3. The van der Waals surface area contributed by atoms with Crippen molar-refractivity contribution in [2.75, 3.05) is 16.8 Å². The van der Waals surface area contributed by atoms with Crippen molar-refractivity contribution in [2.45, 2.75) is 38.3 Å². The number of amidine groups is 1. The number of carbonyl (C=O) groups is 1. The quantitative estimate of drug-likeness (QED) is 0.742. The lowest BCUT2D eigenvalue weighted by Crippen LogP contribution is -2.55. The van der Waals surface area contributed by atoms with Crippen LogP contribution in [0.3, 0.4) is 0 Å². The van der Waals surface area contributed by atoms with E-state index in [0.29, 0.717) is 34.3 Å². The van der Waals surface area contributed by atoms with E-state index in [9.17, 15) is 4.79 Å². The summed E-state index contributed by atoms with van der Waals surface area (Å²) in [5.74, 6) is 1.27. The second kappa shape index (κ2) is 7.11. The molecule has 1 atom stereocenters. The first-order valence-electron chi connectivity index (χ1n) is 9.69. The van der Waals surface area contributed by atoms with Crippen LogP contribution < -0.4 is 20.4 Å². The van der Waals surface area contributed by atoms with Crippen LogP contribution in [0.25, 0.3) is 11.1 Å². The Hall–Kier alpha value is -2.44. The minimum atomic E-state index is -0.363. The van der Waals surface area contributed by atoms with Crippen molar-refractivity contribution in [3.63, 3.8) is 0 Å². The topological polar surface area (TPSA) is 66.0 Å². The fraction of sp³-hybridized carbons (Fsp3) is 0.333. The minimum absolute atomic E-state index is 0.135. The first-order chi connectivity index (χ1) is 14.0. The van der Waals surface area contributed by atoms with Crippen LogP contribution in [0.4, 0.5) is 11.4 Å². The maximum absolute atomic E-state index is 12.2. The third-order valence-corrected chi connectivity index (χ3v) is 6.49. The molecule has 0 spiro atoms. The summed E-state index contributed by atoms with van der Waals surface area (Å²) >= 11 is 12.4. The Morgan fingerprint density at radius 1 is 1.21 bits per heavy atom. The number of hydrogen-bond acceptors (Lipinski definition) is 5. The van der Waals surface area contributed by atoms with E-state index in [0.717, 1.165) is 35.3 Å². The normalized spacial score (nSPS) is 20.7. The van der Waals surface area contributed by atoms with E-state index < -0.39 is 0 Å². The molecule has 2 aliphatic heterocycles. The summed E-state index contributed by atoms with van der Waals surface area (Å²) in [5, 5.41) is 8.85. The smallest absolute Gasteiger partial charge is 0.262 e. The maximum Gasteiger partial charge on any atom is 0.262 e. The number of amides is 1. The molecule has 5 rings (SSSR count). The molecule has 1 amide bonds. The highest BCUT2D eigenvalue weighted by Gasteiger charge is 2.36. The molecule has 8 heteroatoms. The van der Waals surface area contributed by atoms with E-state index in [1.807, 2.05) is 30.0 Å². The van der Waals surface area contributed by atoms with Gasteiger partial charge < -0.3 is 15.0 Å². The van der Waals surface area contributed by atoms with Crippen molar-refractivity contribution in [3.05, 3.63) is 40.4 Å². The summed E-state index contributed by atoms with van der Waals surface area (Å²) in [6.45, 7) is 2.17. The number of nitrogens with zero attached hydrogens (tertiary/aromatic N) is 2. The Bertz CT molecular complexity index is 1040. The molecular formula is C21H20Cl2N4O2. The molecule has 1 unspecified atom stereocenters. The third-order valence-electron chi connectivity index (χ3n) is 5.75. The Morgan fingerprint density at radius 3 is 2.76 bits per heavy atom. The fourth-order valence-electron chi connectivity index (χ4n) is 3.87. The molecule has 0 radical (unpaired) electrons. The summed E-state index contributed by atoms with van der Waals surface area (Å²) in [6.07, 6.45) is 3.52. The van der Waals surface area contributed by atoms with E-state index in [1.54, 1.807) is 6.07 Å². The van der Waals surface area contributed by atoms with Crippen LogP contribution in [-0.4, -0.2) is 30.4 Å². The van der Waals surface area contributed by atoms with E-state index in [2.05, 4.69) is 21.9 Å². The maximum atomic E-state index is 12.2. The lowest BCUT2D eigenvalue weighted by Gasteiger charge is -2.39. The molecule has 29 heavy (non-hydrogen) atoms. The van der Waals surface area contributed by atoms with Crippen molar-refractivity contribution >= 4 is 46.3 Å². The Morgan fingerprint density at radius 2 is 2.03 bits per heavy atom. The van der Waals surface area contributed by atoms with Crippen molar-refractivity contribution in [3.8, 4) is 16.9 Å². The summed E-state index contributed by atoms with van der Waals surface area (Å²) in [7, 11) is 0. The number of halogens is 2. The van der Waals surface area contributed by atoms with Gasteiger partial charge >= 0.3 is 0 Å². The van der Waals surface area contributed by atoms with Crippen molar-refractivity contribution < 1.29 is 9.53 Å². The number of hydrogen-bond donors (Lipinski definition) is 2. The Balaban J connectivity index is 1.64. The number of fused-ring (bicyclic) bond motifs is 3. The molecule has 6 nitrogen and oxygen atoms in total. The largest absolute Gasteiger partial charge is 0.483 e. The van der Waals surface area contributed by atoms with E-state index in [-0.39, 0.29) is 11.9 Å². The summed E-state index contributed by atoms with van der Waals surface area (Å²) in [5.41, 5.74) is 6.32. The van der Waals surface area contributed by atoms with Crippen molar-refractivity contribution in [1.29, 1.82) is 0 Å². The lowest BCUT2D eigenvalue weighted by atomic mass is 9.92. The Kier molecular flexibility index (Phi) is 4.56. The summed E-state index contributed by atoms with van der Waals surface area (Å²) in [4.78, 5) is 14.1. The van der Waals surface area contributed by atoms with Gasteiger partial charge in [-0.3, -0.25) is 4.79 Å². The molecule has 0 saturated heterocycles. The molecule has 2 aromatic rings.